The maximum absolute atomic E-state index is 12.4. The lowest BCUT2D eigenvalue weighted by Gasteiger charge is -2.25. The van der Waals surface area contributed by atoms with Crippen molar-refractivity contribution in [3.05, 3.63) is 55.2 Å². The summed E-state index contributed by atoms with van der Waals surface area (Å²) >= 11 is 6.05. The molecule has 0 fully saturated rings. The molecule has 1 atom stereocenters. The minimum Gasteiger partial charge on any atom is -0.326 e. The summed E-state index contributed by atoms with van der Waals surface area (Å²) in [6.07, 6.45) is -0.00715. The van der Waals surface area contributed by atoms with Crippen LogP contribution >= 0.6 is 11.6 Å². The van der Waals surface area contributed by atoms with Crippen molar-refractivity contribution in [1.82, 2.24) is 9.13 Å². The van der Waals surface area contributed by atoms with Crippen molar-refractivity contribution in [1.29, 1.82) is 0 Å². The molecule has 0 saturated carbocycles. The molecular weight excluding hydrogens is 372 g/mol. The van der Waals surface area contributed by atoms with Crippen LogP contribution in [0.4, 0.5) is 11.5 Å². The Kier molecular flexibility index (Phi) is 4.93. The third kappa shape index (κ3) is 3.52. The smallest absolute Gasteiger partial charge is 0.326 e. The molecule has 0 bridgehead atoms. The summed E-state index contributed by atoms with van der Waals surface area (Å²) in [6.45, 7) is 1.85. The summed E-state index contributed by atoms with van der Waals surface area (Å²) in [5.41, 5.74) is 0.746. The van der Waals surface area contributed by atoms with Crippen LogP contribution in [0.25, 0.3) is 0 Å². The van der Waals surface area contributed by atoms with Gasteiger partial charge in [-0.15, -0.1) is 0 Å². The maximum Gasteiger partial charge on any atom is 0.332 e. The minimum atomic E-state index is -0.705. The number of halogens is 1. The zero-order chi connectivity index (χ0) is 19.9. The van der Waals surface area contributed by atoms with Gasteiger partial charge < -0.3 is 10.6 Å². The van der Waals surface area contributed by atoms with Gasteiger partial charge in [-0.05, 0) is 31.0 Å². The Morgan fingerprint density at radius 3 is 2.63 bits per heavy atom. The average molecular weight is 391 g/mol. The first-order valence-electron chi connectivity index (χ1n) is 8.34. The number of aryl methyl sites for hydroxylation is 1. The van der Waals surface area contributed by atoms with E-state index in [4.69, 9.17) is 11.6 Å². The molecule has 27 heavy (non-hydrogen) atoms. The summed E-state index contributed by atoms with van der Waals surface area (Å²) in [6, 6.07) is 5.14. The largest absolute Gasteiger partial charge is 0.332 e. The van der Waals surface area contributed by atoms with Crippen molar-refractivity contribution in [3.8, 4) is 0 Å². The van der Waals surface area contributed by atoms with Gasteiger partial charge in [-0.2, -0.15) is 0 Å². The second kappa shape index (κ2) is 7.03. The van der Waals surface area contributed by atoms with E-state index in [2.05, 4.69) is 10.6 Å². The van der Waals surface area contributed by atoms with Gasteiger partial charge >= 0.3 is 5.69 Å². The Bertz CT molecular complexity index is 1070. The number of carbonyl (C=O) groups is 2. The number of fused-ring (bicyclic) bond motifs is 1. The van der Waals surface area contributed by atoms with Crippen molar-refractivity contribution >= 4 is 34.9 Å². The highest BCUT2D eigenvalue weighted by Crippen LogP contribution is 2.24. The standard InChI is InChI=1S/C18H19ClN4O4/c1-9-4-5-11(8-13(9)19)20-14(24)7-10-6-12-15(21-16(10)25)22(2)18(27)23(3)17(12)26/h4-5,8,10H,6-7H2,1-3H3,(H,20,24)(H,21,25). The van der Waals surface area contributed by atoms with Crippen LogP contribution in [0.1, 0.15) is 17.5 Å². The van der Waals surface area contributed by atoms with Gasteiger partial charge in [0.2, 0.25) is 11.8 Å². The zero-order valence-corrected chi connectivity index (χ0v) is 15.9. The molecule has 2 aromatic rings. The molecule has 3 rings (SSSR count). The summed E-state index contributed by atoms with van der Waals surface area (Å²) < 4.78 is 2.21. The first kappa shape index (κ1) is 18.9. The van der Waals surface area contributed by atoms with Crippen LogP contribution in [0, 0.1) is 12.8 Å². The lowest BCUT2D eigenvalue weighted by Crippen LogP contribution is -2.45. The van der Waals surface area contributed by atoms with E-state index in [0.717, 1.165) is 10.1 Å². The van der Waals surface area contributed by atoms with Gasteiger partial charge in [0.1, 0.15) is 5.82 Å². The summed E-state index contributed by atoms with van der Waals surface area (Å²) in [4.78, 5) is 49.1. The molecule has 2 heterocycles. The Labute approximate surface area is 159 Å². The fourth-order valence-corrected chi connectivity index (χ4v) is 3.27. The number of aromatic nitrogens is 2. The van der Waals surface area contributed by atoms with E-state index in [9.17, 15) is 19.2 Å². The lowest BCUT2D eigenvalue weighted by molar-refractivity contribution is -0.125. The molecule has 0 saturated heterocycles. The molecule has 1 aromatic heterocycles. The number of rotatable bonds is 3. The quantitative estimate of drug-likeness (QED) is 0.821. The molecule has 1 aromatic carbocycles. The van der Waals surface area contributed by atoms with Crippen LogP contribution in [0.2, 0.25) is 5.02 Å². The zero-order valence-electron chi connectivity index (χ0n) is 15.1. The number of amides is 2. The first-order valence-corrected chi connectivity index (χ1v) is 8.72. The highest BCUT2D eigenvalue weighted by Gasteiger charge is 2.32. The van der Waals surface area contributed by atoms with Crippen molar-refractivity contribution < 1.29 is 9.59 Å². The monoisotopic (exact) mass is 390 g/mol. The van der Waals surface area contributed by atoms with Crippen LogP contribution in [-0.2, 0) is 30.1 Å². The molecule has 1 aliphatic rings. The number of carbonyl (C=O) groups excluding carboxylic acids is 2. The van der Waals surface area contributed by atoms with E-state index < -0.39 is 23.1 Å². The molecule has 0 spiro atoms. The maximum atomic E-state index is 12.4. The molecule has 2 N–H and O–H groups in total. The minimum absolute atomic E-state index is 0.0873. The van der Waals surface area contributed by atoms with Gasteiger partial charge in [-0.25, -0.2) is 4.79 Å². The third-order valence-electron chi connectivity index (χ3n) is 4.71. The van der Waals surface area contributed by atoms with Crippen LogP contribution in [0.5, 0.6) is 0 Å². The van der Waals surface area contributed by atoms with Gasteiger partial charge in [0.25, 0.3) is 5.56 Å². The predicted molar refractivity (Wildman–Crippen MR) is 102 cm³/mol. The second-order valence-electron chi connectivity index (χ2n) is 6.64. The molecule has 1 unspecified atom stereocenters. The van der Waals surface area contributed by atoms with E-state index in [-0.39, 0.29) is 24.6 Å². The highest BCUT2D eigenvalue weighted by molar-refractivity contribution is 6.31. The Morgan fingerprint density at radius 1 is 1.26 bits per heavy atom. The van der Waals surface area contributed by atoms with Crippen molar-refractivity contribution in [3.63, 3.8) is 0 Å². The summed E-state index contributed by atoms with van der Waals surface area (Å²) in [5, 5.41) is 5.82. The number of nitrogens with one attached hydrogen (secondary N) is 2. The van der Waals surface area contributed by atoms with Crippen LogP contribution in [0.3, 0.4) is 0 Å². The van der Waals surface area contributed by atoms with E-state index in [1.807, 2.05) is 6.92 Å². The number of nitrogens with zero attached hydrogens (tertiary/aromatic N) is 2. The van der Waals surface area contributed by atoms with E-state index in [1.165, 1.54) is 18.7 Å². The van der Waals surface area contributed by atoms with Gasteiger partial charge in [-0.1, -0.05) is 17.7 Å². The molecule has 142 valence electrons. The van der Waals surface area contributed by atoms with Gasteiger partial charge in [0.05, 0.1) is 11.5 Å². The normalized spacial score (nSPS) is 15.9. The second-order valence-corrected chi connectivity index (χ2v) is 7.05. The van der Waals surface area contributed by atoms with E-state index >= 15 is 0 Å². The molecular formula is C18H19ClN4O4. The molecule has 1 aliphatic heterocycles. The Morgan fingerprint density at radius 2 is 1.96 bits per heavy atom. The molecule has 8 nitrogen and oxygen atoms in total. The van der Waals surface area contributed by atoms with E-state index in [0.29, 0.717) is 16.3 Å². The fourth-order valence-electron chi connectivity index (χ4n) is 3.09. The molecule has 9 heteroatoms. The van der Waals surface area contributed by atoms with Gasteiger partial charge in [-0.3, -0.25) is 23.5 Å². The number of hydrogen-bond donors (Lipinski definition) is 2. The number of hydrogen-bond acceptors (Lipinski definition) is 4. The molecule has 2 amide bonds. The topological polar surface area (TPSA) is 102 Å². The van der Waals surface area contributed by atoms with Crippen LogP contribution in [0.15, 0.2) is 27.8 Å². The SMILES string of the molecule is Cc1ccc(NC(=O)CC2Cc3c(n(C)c(=O)n(C)c3=O)NC2=O)cc1Cl. The van der Waals surface area contributed by atoms with Crippen molar-refractivity contribution in [2.75, 3.05) is 10.6 Å². The number of benzene rings is 1. The van der Waals surface area contributed by atoms with Gasteiger partial charge in [0.15, 0.2) is 0 Å². The van der Waals surface area contributed by atoms with Crippen LogP contribution in [-0.4, -0.2) is 20.9 Å². The van der Waals surface area contributed by atoms with E-state index in [1.54, 1.807) is 18.2 Å². The van der Waals surface area contributed by atoms with Crippen LogP contribution < -0.4 is 21.9 Å². The Balaban J connectivity index is 1.80. The Hall–Kier alpha value is -2.87. The number of anilines is 2. The predicted octanol–water partition coefficient (Wildman–Crippen LogP) is 1.19. The third-order valence-corrected chi connectivity index (χ3v) is 5.12. The fraction of sp³-hybridized carbons (Fsp3) is 0.333. The first-order chi connectivity index (χ1) is 12.7. The molecule has 0 aliphatic carbocycles. The van der Waals surface area contributed by atoms with Crippen molar-refractivity contribution in [2.24, 2.45) is 20.0 Å². The average Bonchev–Trinajstić information content (AvgIpc) is 2.62. The summed E-state index contributed by atoms with van der Waals surface area (Å²) in [7, 11) is 2.86. The van der Waals surface area contributed by atoms with Crippen molar-refractivity contribution in [2.45, 2.75) is 19.8 Å². The molecule has 0 radical (unpaired) electrons. The highest BCUT2D eigenvalue weighted by atomic mass is 35.5. The summed E-state index contributed by atoms with van der Waals surface area (Å²) in [5.74, 6) is -1.28. The lowest BCUT2D eigenvalue weighted by atomic mass is 9.92. The van der Waals surface area contributed by atoms with Gasteiger partial charge in [0, 0.05) is 31.2 Å².